The fraction of sp³-hybridized carbons (Fsp3) is 0.250. The summed E-state index contributed by atoms with van der Waals surface area (Å²) in [5, 5.41) is 2.74. The van der Waals surface area contributed by atoms with Crippen LogP contribution in [-0.4, -0.2) is 33.8 Å². The highest BCUT2D eigenvalue weighted by molar-refractivity contribution is 7.91. The van der Waals surface area contributed by atoms with Gasteiger partial charge in [0.2, 0.25) is 0 Å². The normalized spacial score (nSPS) is 17.5. The zero-order valence-corrected chi connectivity index (χ0v) is 16.0. The first-order valence-corrected chi connectivity index (χ1v) is 10.1. The number of fused-ring (bicyclic) bond motifs is 1. The van der Waals surface area contributed by atoms with E-state index in [2.05, 4.69) is 5.32 Å². The van der Waals surface area contributed by atoms with Crippen LogP contribution >= 0.6 is 0 Å². The van der Waals surface area contributed by atoms with Gasteiger partial charge >= 0.3 is 0 Å². The Morgan fingerprint density at radius 1 is 1.22 bits per heavy atom. The van der Waals surface area contributed by atoms with Crippen LogP contribution in [0.3, 0.4) is 0 Å². The molecule has 1 aliphatic rings. The smallest absolute Gasteiger partial charge is 0.258 e. The molecule has 3 rings (SSSR count). The molecule has 27 heavy (non-hydrogen) atoms. The maximum atomic E-state index is 12.3. The van der Waals surface area contributed by atoms with E-state index in [4.69, 9.17) is 9.47 Å². The first-order chi connectivity index (χ1) is 12.9. The molecule has 6 nitrogen and oxygen atoms in total. The molecule has 2 aromatic rings. The topological polar surface area (TPSA) is 81.7 Å². The third-order valence-electron chi connectivity index (χ3n) is 4.26. The maximum Gasteiger partial charge on any atom is 0.258 e. The summed E-state index contributed by atoms with van der Waals surface area (Å²) in [5.74, 6) is 0.429. The first kappa shape index (κ1) is 19.0. The highest BCUT2D eigenvalue weighted by Gasteiger charge is 2.35. The zero-order chi connectivity index (χ0) is 19.4. The molecule has 0 aliphatic carbocycles. The van der Waals surface area contributed by atoms with Crippen molar-refractivity contribution in [3.63, 3.8) is 0 Å². The minimum atomic E-state index is -3.37. The van der Waals surface area contributed by atoms with Gasteiger partial charge in [0.05, 0.1) is 23.8 Å². The first-order valence-electron chi connectivity index (χ1n) is 8.49. The molecule has 0 bridgehead atoms. The third kappa shape index (κ3) is 4.14. The summed E-state index contributed by atoms with van der Waals surface area (Å²) in [6, 6.07) is 11.5. The van der Waals surface area contributed by atoms with Gasteiger partial charge in [-0.25, -0.2) is 8.42 Å². The van der Waals surface area contributed by atoms with Crippen LogP contribution in [0.15, 0.2) is 53.4 Å². The van der Waals surface area contributed by atoms with Crippen molar-refractivity contribution in [1.82, 2.24) is 5.32 Å². The lowest BCUT2D eigenvalue weighted by molar-refractivity contribution is -0.123. The summed E-state index contributed by atoms with van der Waals surface area (Å²) >= 11 is 0. The van der Waals surface area contributed by atoms with Crippen LogP contribution in [0, 0.1) is 0 Å². The summed E-state index contributed by atoms with van der Waals surface area (Å²) < 4.78 is 35.2. The molecule has 1 atom stereocenters. The lowest BCUT2D eigenvalue weighted by Gasteiger charge is -2.14. The monoisotopic (exact) mass is 387 g/mol. The van der Waals surface area contributed by atoms with Gasteiger partial charge in [0, 0.05) is 0 Å². The molecule has 0 aromatic heterocycles. The van der Waals surface area contributed by atoms with E-state index in [1.54, 1.807) is 30.3 Å². The maximum absolute atomic E-state index is 12.3. The summed E-state index contributed by atoms with van der Waals surface area (Å²) in [5.41, 5.74) is 1.57. The standard InChI is InChI=1S/C20H21NO5S/c1-3-6-14-9-10-17(18(11-14)25-2)26-12-20(22)21-16-13-27(23,24)19-8-5-4-7-15(16)19/h3-11,16H,12-13H2,1-2H3,(H,21,22)/b6-3+/t16-/m0/s1. The Kier molecular flexibility index (Phi) is 5.51. The number of carbonyl (C=O) groups is 1. The van der Waals surface area contributed by atoms with E-state index in [1.807, 2.05) is 31.2 Å². The van der Waals surface area contributed by atoms with Gasteiger partial charge in [0.15, 0.2) is 27.9 Å². The SMILES string of the molecule is C/C=C/c1ccc(OCC(=O)N[C@H]2CS(=O)(=O)c3ccccc32)c(OC)c1. The molecule has 0 unspecified atom stereocenters. The number of hydrogen-bond acceptors (Lipinski definition) is 5. The Bertz CT molecular complexity index is 982. The second-order valence-electron chi connectivity index (χ2n) is 6.14. The summed E-state index contributed by atoms with van der Waals surface area (Å²) in [4.78, 5) is 12.6. The van der Waals surface area contributed by atoms with Crippen molar-refractivity contribution in [2.24, 2.45) is 0 Å². The number of carbonyl (C=O) groups excluding carboxylic acids is 1. The Morgan fingerprint density at radius 2 is 2.00 bits per heavy atom. The Morgan fingerprint density at radius 3 is 2.74 bits per heavy atom. The molecule has 0 saturated carbocycles. The summed E-state index contributed by atoms with van der Waals surface area (Å²) in [7, 11) is -1.84. The molecule has 1 aliphatic heterocycles. The van der Waals surface area contributed by atoms with E-state index >= 15 is 0 Å². The van der Waals surface area contributed by atoms with Crippen molar-refractivity contribution in [3.05, 3.63) is 59.7 Å². The van der Waals surface area contributed by atoms with Gasteiger partial charge < -0.3 is 14.8 Å². The molecule has 1 N–H and O–H groups in total. The quantitative estimate of drug-likeness (QED) is 0.824. The molecule has 2 aromatic carbocycles. The minimum absolute atomic E-state index is 0.139. The van der Waals surface area contributed by atoms with E-state index < -0.39 is 21.8 Å². The number of amides is 1. The van der Waals surface area contributed by atoms with Crippen molar-refractivity contribution in [2.45, 2.75) is 17.9 Å². The molecule has 1 heterocycles. The lowest BCUT2D eigenvalue weighted by atomic mass is 10.1. The number of allylic oxidation sites excluding steroid dienone is 1. The van der Waals surface area contributed by atoms with Crippen molar-refractivity contribution < 1.29 is 22.7 Å². The molecule has 7 heteroatoms. The number of benzene rings is 2. The van der Waals surface area contributed by atoms with Crippen LogP contribution < -0.4 is 14.8 Å². The number of methoxy groups -OCH3 is 1. The van der Waals surface area contributed by atoms with Crippen molar-refractivity contribution in [2.75, 3.05) is 19.5 Å². The van der Waals surface area contributed by atoms with Gasteiger partial charge in [-0.15, -0.1) is 0 Å². The van der Waals surface area contributed by atoms with Gasteiger partial charge in [-0.2, -0.15) is 0 Å². The molecular formula is C20H21NO5S. The molecule has 1 amide bonds. The average molecular weight is 387 g/mol. The van der Waals surface area contributed by atoms with Crippen molar-refractivity contribution >= 4 is 21.8 Å². The number of nitrogens with one attached hydrogen (secondary N) is 1. The predicted octanol–water partition coefficient (Wildman–Crippen LogP) is 2.75. The number of ether oxygens (including phenoxy) is 2. The van der Waals surface area contributed by atoms with Gasteiger partial charge in [-0.05, 0) is 36.2 Å². The van der Waals surface area contributed by atoms with Gasteiger partial charge in [0.25, 0.3) is 5.91 Å². The highest BCUT2D eigenvalue weighted by Crippen LogP contribution is 2.33. The Labute approximate surface area is 158 Å². The summed E-state index contributed by atoms with van der Waals surface area (Å²) in [6.07, 6.45) is 3.84. The van der Waals surface area contributed by atoms with E-state index in [9.17, 15) is 13.2 Å². The average Bonchev–Trinajstić information content (AvgIpc) is 2.91. The van der Waals surface area contributed by atoms with Crippen LogP contribution in [0.5, 0.6) is 11.5 Å². The van der Waals surface area contributed by atoms with Crippen LogP contribution in [0.2, 0.25) is 0 Å². The number of hydrogen-bond donors (Lipinski definition) is 1. The van der Waals surface area contributed by atoms with E-state index in [0.717, 1.165) is 5.56 Å². The highest BCUT2D eigenvalue weighted by atomic mass is 32.2. The zero-order valence-electron chi connectivity index (χ0n) is 15.1. The fourth-order valence-electron chi connectivity index (χ4n) is 3.05. The second kappa shape index (κ2) is 7.84. The molecule has 142 valence electrons. The lowest BCUT2D eigenvalue weighted by Crippen LogP contribution is -2.33. The summed E-state index contributed by atoms with van der Waals surface area (Å²) in [6.45, 7) is 1.68. The fourth-order valence-corrected chi connectivity index (χ4v) is 4.79. The molecular weight excluding hydrogens is 366 g/mol. The van der Waals surface area contributed by atoms with Crippen LogP contribution in [0.25, 0.3) is 6.08 Å². The molecule has 0 saturated heterocycles. The van der Waals surface area contributed by atoms with E-state index in [-0.39, 0.29) is 17.3 Å². The number of rotatable bonds is 6. The number of sulfone groups is 1. The van der Waals surface area contributed by atoms with E-state index in [1.165, 1.54) is 7.11 Å². The molecule has 0 spiro atoms. The van der Waals surface area contributed by atoms with Crippen LogP contribution in [0.1, 0.15) is 24.1 Å². The molecule has 0 radical (unpaired) electrons. The third-order valence-corrected chi connectivity index (χ3v) is 6.07. The minimum Gasteiger partial charge on any atom is -0.493 e. The Hall–Kier alpha value is -2.80. The van der Waals surface area contributed by atoms with Crippen LogP contribution in [-0.2, 0) is 14.6 Å². The van der Waals surface area contributed by atoms with Crippen LogP contribution in [0.4, 0.5) is 0 Å². The van der Waals surface area contributed by atoms with Crippen molar-refractivity contribution in [3.8, 4) is 11.5 Å². The van der Waals surface area contributed by atoms with Gasteiger partial charge in [0.1, 0.15) is 0 Å². The second-order valence-corrected chi connectivity index (χ2v) is 8.14. The van der Waals surface area contributed by atoms with Gasteiger partial charge in [-0.1, -0.05) is 36.4 Å². The van der Waals surface area contributed by atoms with Crippen molar-refractivity contribution in [1.29, 1.82) is 0 Å². The Balaban J connectivity index is 1.66. The van der Waals surface area contributed by atoms with E-state index in [0.29, 0.717) is 17.1 Å². The van der Waals surface area contributed by atoms with Gasteiger partial charge in [-0.3, -0.25) is 4.79 Å². The predicted molar refractivity (Wildman–Crippen MR) is 103 cm³/mol. The largest absolute Gasteiger partial charge is 0.493 e. The molecule has 0 fully saturated rings.